The zero-order valence-corrected chi connectivity index (χ0v) is 30.6. The Hall–Kier alpha value is -1.75. The van der Waals surface area contributed by atoms with Crippen molar-refractivity contribution in [3.63, 3.8) is 0 Å². The quantitative estimate of drug-likeness (QED) is 0.326. The van der Waals surface area contributed by atoms with Crippen molar-refractivity contribution in [3.8, 4) is 0 Å². The maximum absolute atomic E-state index is 13.3. The zero-order valence-electron chi connectivity index (χ0n) is 25.5. The van der Waals surface area contributed by atoms with Crippen molar-refractivity contribution in [3.05, 3.63) is 111 Å². The molecule has 0 heterocycles. The fourth-order valence-corrected chi connectivity index (χ4v) is 5.53. The molecule has 0 aliphatic heterocycles. The van der Waals surface area contributed by atoms with Gasteiger partial charge in [0.05, 0.1) is 5.56 Å². The molecule has 0 saturated heterocycles. The van der Waals surface area contributed by atoms with Gasteiger partial charge in [0, 0.05) is 5.41 Å². The molecule has 6 heteroatoms. The van der Waals surface area contributed by atoms with Gasteiger partial charge in [-0.05, 0) is 40.5 Å². The first-order chi connectivity index (χ1) is 18.4. The third kappa shape index (κ3) is 7.48. The van der Waals surface area contributed by atoms with Crippen molar-refractivity contribution in [2.45, 2.75) is 73.4 Å². The number of halogens is 5. The van der Waals surface area contributed by atoms with E-state index < -0.39 is 11.7 Å². The second-order valence-corrected chi connectivity index (χ2v) is 16.8. The minimum absolute atomic E-state index is 0. The summed E-state index contributed by atoms with van der Waals surface area (Å²) < 4.78 is 41.5. The van der Waals surface area contributed by atoms with E-state index in [4.69, 9.17) is 0 Å². The summed E-state index contributed by atoms with van der Waals surface area (Å²) in [7, 11) is 0. The summed E-state index contributed by atoms with van der Waals surface area (Å²) in [6.45, 7) is 17.6. The molecule has 42 heavy (non-hydrogen) atoms. The van der Waals surface area contributed by atoms with Crippen LogP contribution in [0, 0.1) is 10.8 Å². The number of benzene rings is 2. The zero-order chi connectivity index (χ0) is 29.7. The minimum atomic E-state index is -4.35. The van der Waals surface area contributed by atoms with E-state index >= 15 is 0 Å². The molecule has 1 atom stereocenters. The molecule has 0 amide bonds. The van der Waals surface area contributed by atoms with Gasteiger partial charge in [-0.25, -0.2) is 0 Å². The van der Waals surface area contributed by atoms with E-state index in [1.165, 1.54) is 58.0 Å². The Bertz CT molecular complexity index is 1600. The van der Waals surface area contributed by atoms with E-state index in [0.29, 0.717) is 12.0 Å². The standard InChI is InChI=1S/C33H32F3.C3H6.2ClH.Hf/c1-30(2,3)25-12-13-28-23(19-25)16-24-20-32(31(4,5)6,15-14-29(24)28)26-11-10-22(17-26)21-8-7-9-27(18-21)33(34,35)36;1-3-2;;;/h7-10,12-15,17-20H,11H2,1-6H3;1-2H3;2*1H;/q-1;;;;+2/p-2. The van der Waals surface area contributed by atoms with Crippen molar-refractivity contribution in [1.29, 1.82) is 0 Å². The van der Waals surface area contributed by atoms with Gasteiger partial charge >= 0.3 is 47.2 Å². The molecule has 3 aliphatic rings. The van der Waals surface area contributed by atoms with Gasteiger partial charge in [-0.15, -0.1) is 39.8 Å². The number of allylic oxidation sites excluding steroid dienone is 8. The maximum atomic E-state index is 13.3. The van der Waals surface area contributed by atoms with E-state index in [9.17, 15) is 13.2 Å². The van der Waals surface area contributed by atoms with E-state index in [1.54, 1.807) is 9.32 Å². The molecule has 1 unspecified atom stereocenters. The SMILES string of the molecule is CC(C)(C)c1ccc2c(c1)=[C-]C1=CC(C3=CC(c4cccc(C(F)(F)F)c4)=CC3)(C(C)(C)C)C=CC=21.C[C](C)=[Hf+2].[Cl-].[Cl-]. The molecule has 0 saturated carbocycles. The Morgan fingerprint density at radius 3 is 2.12 bits per heavy atom. The molecule has 2 aromatic rings. The van der Waals surface area contributed by atoms with Gasteiger partial charge in [-0.3, -0.25) is 0 Å². The molecular formula is C36H38Cl2F3Hf-. The Balaban J connectivity index is 0.000000967. The predicted octanol–water partition coefficient (Wildman–Crippen LogP) is 2.52. The van der Waals surface area contributed by atoms with Crippen molar-refractivity contribution >= 4 is 20.5 Å². The fraction of sp³-hybridized carbons (Fsp3) is 0.361. The molecule has 0 N–H and O–H groups in total. The fourth-order valence-electron chi connectivity index (χ4n) is 5.53. The first-order valence-corrected chi connectivity index (χ1v) is 15.5. The van der Waals surface area contributed by atoms with Crippen LogP contribution < -0.4 is 35.3 Å². The second kappa shape index (κ2) is 13.1. The van der Waals surface area contributed by atoms with Crippen LogP contribution in [0.4, 0.5) is 13.2 Å². The monoisotopic (exact) mass is 777 g/mol. The Kier molecular flexibility index (Phi) is 11.4. The molecule has 0 radical (unpaired) electrons. The normalized spacial score (nSPS) is 19.1. The van der Waals surface area contributed by atoms with Crippen LogP contribution in [0.3, 0.4) is 0 Å². The molecule has 3 aliphatic carbocycles. The maximum Gasteiger partial charge on any atom is -1.00 e. The number of rotatable bonds is 2. The summed E-state index contributed by atoms with van der Waals surface area (Å²) in [5.74, 6) is 0. The van der Waals surface area contributed by atoms with Gasteiger partial charge in [0.1, 0.15) is 0 Å². The summed E-state index contributed by atoms with van der Waals surface area (Å²) in [6.07, 6.45) is 11.0. The summed E-state index contributed by atoms with van der Waals surface area (Å²) in [5.41, 5.74) is 5.15. The van der Waals surface area contributed by atoms with Crippen LogP contribution in [0.5, 0.6) is 0 Å². The summed E-state index contributed by atoms with van der Waals surface area (Å²) in [4.78, 5) is 0. The topological polar surface area (TPSA) is 0 Å². The van der Waals surface area contributed by atoms with E-state index in [2.05, 4.69) is 110 Å². The number of hydrogen-bond donors (Lipinski definition) is 0. The van der Waals surface area contributed by atoms with Gasteiger partial charge < -0.3 is 24.8 Å². The van der Waals surface area contributed by atoms with Crippen LogP contribution in [-0.2, 0) is 35.5 Å². The molecule has 222 valence electrons. The van der Waals surface area contributed by atoms with Crippen LogP contribution in [0.25, 0.3) is 17.2 Å². The van der Waals surface area contributed by atoms with Crippen LogP contribution in [0.1, 0.15) is 78.5 Å². The molecule has 0 bridgehead atoms. The van der Waals surface area contributed by atoms with Crippen molar-refractivity contribution in [1.82, 2.24) is 0 Å². The third-order valence-electron chi connectivity index (χ3n) is 7.79. The predicted molar refractivity (Wildman–Crippen MR) is 159 cm³/mol. The molecule has 2 aromatic carbocycles. The molecule has 0 aromatic heterocycles. The molecule has 5 rings (SSSR count). The largest absolute Gasteiger partial charge is 1.00 e. The van der Waals surface area contributed by atoms with Gasteiger partial charge in [-0.1, -0.05) is 101 Å². The first kappa shape index (κ1) is 36.4. The van der Waals surface area contributed by atoms with E-state index in [-0.39, 0.29) is 41.1 Å². The molecule has 0 spiro atoms. The molecule has 0 fully saturated rings. The summed E-state index contributed by atoms with van der Waals surface area (Å²) in [5, 5.41) is 2.33. The first-order valence-electron chi connectivity index (χ1n) is 13.7. The van der Waals surface area contributed by atoms with Gasteiger partial charge in [0.2, 0.25) is 0 Å². The van der Waals surface area contributed by atoms with E-state index in [1.807, 2.05) is 0 Å². The second-order valence-electron chi connectivity index (χ2n) is 13.2. The van der Waals surface area contributed by atoms with Gasteiger partial charge in [-0.2, -0.15) is 13.2 Å². The Labute approximate surface area is 276 Å². The van der Waals surface area contributed by atoms with Crippen LogP contribution in [0.15, 0.2) is 84.0 Å². The average Bonchev–Trinajstić information content (AvgIpc) is 3.46. The number of alkyl halides is 3. The van der Waals surface area contributed by atoms with Gasteiger partial charge in [0.25, 0.3) is 0 Å². The summed E-state index contributed by atoms with van der Waals surface area (Å²) >= 11 is 1.27. The van der Waals surface area contributed by atoms with Crippen LogP contribution in [-0.4, -0.2) is 3.26 Å². The Morgan fingerprint density at radius 2 is 1.55 bits per heavy atom. The smallest absolute Gasteiger partial charge is 1.00 e. The average molecular weight is 777 g/mol. The van der Waals surface area contributed by atoms with Crippen LogP contribution >= 0.6 is 0 Å². The Morgan fingerprint density at radius 1 is 0.905 bits per heavy atom. The molecular weight excluding hydrogens is 739 g/mol. The van der Waals surface area contributed by atoms with Crippen LogP contribution in [0.2, 0.25) is 0 Å². The molecule has 0 nitrogen and oxygen atoms in total. The summed E-state index contributed by atoms with van der Waals surface area (Å²) in [6, 6.07) is 12.3. The van der Waals surface area contributed by atoms with Gasteiger partial charge in [0.15, 0.2) is 0 Å². The van der Waals surface area contributed by atoms with Crippen molar-refractivity contribution in [2.75, 3.05) is 0 Å². The van der Waals surface area contributed by atoms with E-state index in [0.717, 1.165) is 22.4 Å². The minimum Gasteiger partial charge on any atom is -1.00 e. The van der Waals surface area contributed by atoms with Crippen molar-refractivity contribution < 1.29 is 61.9 Å². The third-order valence-corrected chi connectivity index (χ3v) is 7.79. The van der Waals surface area contributed by atoms with Crippen molar-refractivity contribution in [2.24, 2.45) is 10.8 Å². The number of hydrogen-bond acceptors (Lipinski definition) is 0. The number of fused-ring (bicyclic) bond motifs is 2.